The van der Waals surface area contributed by atoms with Crippen LogP contribution in [-0.4, -0.2) is 28.7 Å². The first-order chi connectivity index (χ1) is 22.0. The molecule has 11 heteroatoms. The molecule has 0 spiro atoms. The van der Waals surface area contributed by atoms with Gasteiger partial charge in [-0.05, 0) is 80.4 Å². The summed E-state index contributed by atoms with van der Waals surface area (Å²) in [6.07, 6.45) is 1.60. The second-order valence-corrected chi connectivity index (χ2v) is 12.2. The number of fused-ring (bicyclic) bond motifs is 1. The highest BCUT2D eigenvalue weighted by atomic mass is 35.5. The summed E-state index contributed by atoms with van der Waals surface area (Å²) >= 11 is 7.52. The van der Waals surface area contributed by atoms with Gasteiger partial charge >= 0.3 is 5.97 Å². The molecule has 9 nitrogen and oxygen atoms in total. The largest absolute Gasteiger partial charge is 0.497 e. The molecule has 46 heavy (non-hydrogen) atoms. The number of carbonyl (C=O) groups is 2. The predicted octanol–water partition coefficient (Wildman–Crippen LogP) is 6.11. The number of ether oxygens (including phenoxy) is 1. The van der Waals surface area contributed by atoms with Gasteiger partial charge in [0.1, 0.15) is 17.3 Å². The van der Waals surface area contributed by atoms with E-state index in [4.69, 9.17) is 25.7 Å². The van der Waals surface area contributed by atoms with Gasteiger partial charge in [-0.3, -0.25) is 14.2 Å². The van der Waals surface area contributed by atoms with E-state index in [-0.39, 0.29) is 17.0 Å². The number of nitrogens with one attached hydrogen (secondary N) is 1. The number of hydrogen-bond donors (Lipinski definition) is 2. The molecule has 6 rings (SSSR count). The minimum Gasteiger partial charge on any atom is -0.497 e. The van der Waals surface area contributed by atoms with Crippen LogP contribution in [0.3, 0.4) is 0 Å². The molecule has 232 valence electrons. The molecule has 0 aliphatic carbocycles. The lowest BCUT2D eigenvalue weighted by molar-refractivity contribution is -0.113. The summed E-state index contributed by atoms with van der Waals surface area (Å²) in [4.78, 5) is 44.6. The van der Waals surface area contributed by atoms with Gasteiger partial charge in [-0.2, -0.15) is 0 Å². The van der Waals surface area contributed by atoms with Crippen LogP contribution in [0, 0.1) is 13.8 Å². The van der Waals surface area contributed by atoms with E-state index in [1.54, 1.807) is 44.4 Å². The van der Waals surface area contributed by atoms with Crippen molar-refractivity contribution in [2.45, 2.75) is 26.8 Å². The summed E-state index contributed by atoms with van der Waals surface area (Å²) in [7, 11) is 1.57. The fourth-order valence-corrected chi connectivity index (χ4v) is 6.65. The number of nitrogens with zero attached hydrogens (tertiary/aromatic N) is 2. The molecule has 1 atom stereocenters. The Kier molecular flexibility index (Phi) is 8.24. The third-order valence-electron chi connectivity index (χ3n) is 7.71. The Balaban J connectivity index is 1.44. The van der Waals surface area contributed by atoms with Crippen LogP contribution in [0.4, 0.5) is 5.69 Å². The van der Waals surface area contributed by atoms with E-state index in [1.807, 2.05) is 44.2 Å². The van der Waals surface area contributed by atoms with Crippen molar-refractivity contribution in [3.63, 3.8) is 0 Å². The van der Waals surface area contributed by atoms with Crippen LogP contribution >= 0.6 is 22.9 Å². The fourth-order valence-electron chi connectivity index (χ4n) is 5.41. The van der Waals surface area contributed by atoms with Gasteiger partial charge in [0, 0.05) is 17.3 Å². The minimum absolute atomic E-state index is 0.0666. The zero-order valence-corrected chi connectivity index (χ0v) is 26.8. The van der Waals surface area contributed by atoms with E-state index in [0.717, 1.165) is 11.1 Å². The van der Waals surface area contributed by atoms with Gasteiger partial charge in [0.05, 0.1) is 39.5 Å². The van der Waals surface area contributed by atoms with Gasteiger partial charge in [0.15, 0.2) is 4.80 Å². The zero-order chi connectivity index (χ0) is 32.7. The van der Waals surface area contributed by atoms with Crippen LogP contribution in [0.2, 0.25) is 5.02 Å². The number of furan rings is 1. The van der Waals surface area contributed by atoms with Crippen LogP contribution in [0.25, 0.3) is 17.4 Å². The van der Waals surface area contributed by atoms with E-state index >= 15 is 0 Å². The van der Waals surface area contributed by atoms with Crippen molar-refractivity contribution in [2.24, 2.45) is 4.99 Å². The molecule has 1 amide bonds. The van der Waals surface area contributed by atoms with E-state index in [1.165, 1.54) is 34.1 Å². The Hall–Kier alpha value is -5.19. The number of amides is 1. The van der Waals surface area contributed by atoms with Crippen LogP contribution in [0.1, 0.15) is 45.8 Å². The number of allylic oxidation sites excluding steroid dienone is 1. The fraction of sp³-hybridized carbons (Fsp3) is 0.143. The molecule has 5 aromatic rings. The van der Waals surface area contributed by atoms with Gasteiger partial charge in [0.2, 0.25) is 0 Å². The summed E-state index contributed by atoms with van der Waals surface area (Å²) in [5.74, 6) is -0.0965. The molecule has 2 N–H and O–H groups in total. The molecule has 3 heterocycles. The average Bonchev–Trinajstić information content (AvgIpc) is 3.61. The van der Waals surface area contributed by atoms with Gasteiger partial charge in [-0.25, -0.2) is 9.79 Å². The first-order valence-electron chi connectivity index (χ1n) is 14.2. The maximum atomic E-state index is 14.1. The lowest BCUT2D eigenvalue weighted by atomic mass is 9.95. The van der Waals surface area contributed by atoms with Crippen LogP contribution in [0.15, 0.2) is 98.3 Å². The molecule has 0 unspecified atom stereocenters. The summed E-state index contributed by atoms with van der Waals surface area (Å²) < 4.78 is 13.2. The van der Waals surface area contributed by atoms with E-state index in [0.29, 0.717) is 59.7 Å². The SMILES string of the molecule is COc1ccc([C@H]2C(C(=O)Nc3ccc(C)cc3C)=C(C)N=c3s/c(=C/c4ccc(-c5cc(C(=O)O)ccc5Cl)o4)c(=O)n32)cc1. The Bertz CT molecular complexity index is 2240. The number of aromatic nitrogens is 1. The second kappa shape index (κ2) is 12.3. The van der Waals surface area contributed by atoms with Crippen molar-refractivity contribution < 1.29 is 23.8 Å². The third-order valence-corrected chi connectivity index (χ3v) is 9.02. The molecule has 1 aliphatic rings. The maximum Gasteiger partial charge on any atom is 0.335 e. The quantitative estimate of drug-likeness (QED) is 0.219. The zero-order valence-electron chi connectivity index (χ0n) is 25.3. The number of carboxylic acid groups (broad SMARTS) is 1. The number of halogens is 1. The highest BCUT2D eigenvalue weighted by Gasteiger charge is 2.33. The van der Waals surface area contributed by atoms with Crippen LogP contribution in [0.5, 0.6) is 5.75 Å². The van der Waals surface area contributed by atoms with Crippen molar-refractivity contribution in [3.8, 4) is 17.1 Å². The summed E-state index contributed by atoms with van der Waals surface area (Å²) in [5, 5.41) is 12.7. The predicted molar refractivity (Wildman–Crippen MR) is 177 cm³/mol. The van der Waals surface area contributed by atoms with Crippen LogP contribution in [-0.2, 0) is 4.79 Å². The molecule has 0 radical (unpaired) electrons. The van der Waals surface area contributed by atoms with E-state index in [9.17, 15) is 19.5 Å². The first-order valence-corrected chi connectivity index (χ1v) is 15.4. The summed E-state index contributed by atoms with van der Waals surface area (Å²) in [5.41, 5.74) is 4.34. The number of anilines is 1. The monoisotopic (exact) mass is 653 g/mol. The first kappa shape index (κ1) is 30.8. The van der Waals surface area contributed by atoms with Gasteiger partial charge in [-0.15, -0.1) is 0 Å². The number of carbonyl (C=O) groups excluding carboxylic acids is 1. The lowest BCUT2D eigenvalue weighted by Crippen LogP contribution is -2.40. The average molecular weight is 654 g/mol. The van der Waals surface area contributed by atoms with Crippen LogP contribution < -0.4 is 24.9 Å². The maximum absolute atomic E-state index is 14.1. The highest BCUT2D eigenvalue weighted by Crippen LogP contribution is 2.33. The molecule has 2 aromatic heterocycles. The smallest absolute Gasteiger partial charge is 0.335 e. The number of thiazole rings is 1. The standard InChI is InChI=1S/C35H28ClN3O6S/c1-18-5-13-27(19(2)15-18)38-32(40)30-20(3)37-35-39(31(30)21-6-9-23(44-4)10-7-21)33(41)29(46-35)17-24-11-14-28(45-24)25-16-22(34(42)43)8-12-26(25)36/h5-17,31H,1-4H3,(H,38,40)(H,42,43)/b29-17+/t31-/m0/s1. The number of aryl methyl sites for hydroxylation is 2. The minimum atomic E-state index is -1.09. The highest BCUT2D eigenvalue weighted by molar-refractivity contribution is 7.07. The van der Waals surface area contributed by atoms with Gasteiger partial charge < -0.3 is 19.6 Å². The van der Waals surface area contributed by atoms with Crippen molar-refractivity contribution in [1.82, 2.24) is 4.57 Å². The van der Waals surface area contributed by atoms with Crippen molar-refractivity contribution in [1.29, 1.82) is 0 Å². The second-order valence-electron chi connectivity index (χ2n) is 10.8. The number of benzene rings is 3. The number of carboxylic acids is 1. The van der Waals surface area contributed by atoms with Crippen molar-refractivity contribution >= 4 is 46.6 Å². The van der Waals surface area contributed by atoms with Gasteiger partial charge in [0.25, 0.3) is 11.5 Å². The lowest BCUT2D eigenvalue weighted by Gasteiger charge is -2.25. The Morgan fingerprint density at radius 1 is 1.04 bits per heavy atom. The molecule has 0 saturated heterocycles. The summed E-state index contributed by atoms with van der Waals surface area (Å²) in [6.45, 7) is 5.68. The normalized spacial score (nSPS) is 14.5. The van der Waals surface area contributed by atoms with Crippen molar-refractivity contribution in [2.75, 3.05) is 12.4 Å². The molecule has 0 bridgehead atoms. The molecular formula is C35H28ClN3O6S. The third kappa shape index (κ3) is 5.80. The number of methoxy groups -OCH3 is 1. The number of aromatic carboxylic acids is 1. The summed E-state index contributed by atoms with van der Waals surface area (Å²) in [6, 6.07) is 19.9. The number of hydrogen-bond acceptors (Lipinski definition) is 7. The molecule has 3 aromatic carbocycles. The topological polar surface area (TPSA) is 123 Å². The Morgan fingerprint density at radius 3 is 2.50 bits per heavy atom. The molecule has 1 aliphatic heterocycles. The Morgan fingerprint density at radius 2 is 1.80 bits per heavy atom. The van der Waals surface area contributed by atoms with E-state index < -0.39 is 12.0 Å². The van der Waals surface area contributed by atoms with E-state index in [2.05, 4.69) is 5.32 Å². The molecule has 0 saturated carbocycles. The Labute approximate surface area is 272 Å². The van der Waals surface area contributed by atoms with Gasteiger partial charge in [-0.1, -0.05) is 52.8 Å². The molecular weight excluding hydrogens is 626 g/mol. The number of rotatable bonds is 7. The van der Waals surface area contributed by atoms with Crippen molar-refractivity contribution in [3.05, 3.63) is 137 Å². The molecule has 0 fully saturated rings.